The molecule has 3 rings (SSSR count). The Morgan fingerprint density at radius 1 is 1.33 bits per heavy atom. The average molecular weight is 476 g/mol. The van der Waals surface area contributed by atoms with Crippen molar-refractivity contribution in [2.24, 2.45) is 5.73 Å². The maximum Gasteiger partial charge on any atom is 0.410 e. The number of ether oxygens (including phenoxy) is 1. The highest BCUT2D eigenvalue weighted by atomic mass is 35.5. The van der Waals surface area contributed by atoms with Gasteiger partial charge in [-0.2, -0.15) is 0 Å². The van der Waals surface area contributed by atoms with Crippen LogP contribution in [-0.4, -0.2) is 51.9 Å². The quantitative estimate of drug-likeness (QED) is 0.337. The number of nitrogens with zero attached hydrogens (tertiary/aromatic N) is 2. The number of hydrogen-bond acceptors (Lipinski definition) is 6. The number of nitrogen functional groups attached to an aromatic ring is 1. The minimum atomic E-state index is -1.06. The van der Waals surface area contributed by atoms with Crippen molar-refractivity contribution in [1.82, 2.24) is 15.2 Å². The predicted molar refractivity (Wildman–Crippen MR) is 122 cm³/mol. The first-order valence-corrected chi connectivity index (χ1v) is 10.0. The Bertz CT molecular complexity index is 1000. The molecule has 2 aromatic rings. The van der Waals surface area contributed by atoms with Gasteiger partial charge in [0.25, 0.3) is 0 Å². The van der Waals surface area contributed by atoms with Gasteiger partial charge in [0.05, 0.1) is 24.9 Å². The molecule has 10 nitrogen and oxygen atoms in total. The highest BCUT2D eigenvalue weighted by Crippen LogP contribution is 2.32. The molecule has 33 heavy (non-hydrogen) atoms. The molecular weight excluding hydrogens is 450 g/mol. The molecule has 0 spiro atoms. The monoisotopic (exact) mass is 475 g/mol. The van der Waals surface area contributed by atoms with Crippen molar-refractivity contribution in [1.29, 1.82) is 5.41 Å². The summed E-state index contributed by atoms with van der Waals surface area (Å²) in [6.07, 6.45) is 1.83. The highest BCUT2D eigenvalue weighted by Gasteiger charge is 2.35. The zero-order valence-electron chi connectivity index (χ0n) is 17.9. The highest BCUT2D eigenvalue weighted by molar-refractivity contribution is 5.94. The molecular formula is C22H26ClN5O5. The number of benzene rings is 1. The van der Waals surface area contributed by atoms with Crippen molar-refractivity contribution >= 4 is 36.2 Å². The van der Waals surface area contributed by atoms with Gasteiger partial charge in [-0.15, -0.1) is 12.4 Å². The van der Waals surface area contributed by atoms with E-state index >= 15 is 0 Å². The van der Waals surface area contributed by atoms with Crippen molar-refractivity contribution in [2.45, 2.75) is 37.5 Å². The first kappa shape index (κ1) is 25.6. The van der Waals surface area contributed by atoms with E-state index in [4.69, 9.17) is 15.9 Å². The van der Waals surface area contributed by atoms with Gasteiger partial charge in [-0.25, -0.2) is 4.79 Å². The molecule has 0 aliphatic carbocycles. The van der Waals surface area contributed by atoms with Crippen molar-refractivity contribution < 1.29 is 24.2 Å². The molecule has 1 saturated heterocycles. The van der Waals surface area contributed by atoms with E-state index in [1.807, 2.05) is 0 Å². The number of amides is 2. The van der Waals surface area contributed by atoms with Crippen LogP contribution in [-0.2, 0) is 14.3 Å². The molecule has 1 aliphatic rings. The Morgan fingerprint density at radius 3 is 2.61 bits per heavy atom. The van der Waals surface area contributed by atoms with Crippen LogP contribution in [0.3, 0.4) is 0 Å². The molecule has 1 aromatic carbocycles. The zero-order chi connectivity index (χ0) is 23.3. The van der Waals surface area contributed by atoms with Crippen molar-refractivity contribution in [3.8, 4) is 0 Å². The van der Waals surface area contributed by atoms with Crippen LogP contribution in [0.25, 0.3) is 0 Å². The van der Waals surface area contributed by atoms with E-state index in [1.54, 1.807) is 49.6 Å². The Morgan fingerprint density at radius 2 is 2.03 bits per heavy atom. The lowest BCUT2D eigenvalue weighted by Gasteiger charge is -2.37. The molecule has 1 fully saturated rings. The van der Waals surface area contributed by atoms with E-state index in [0.717, 1.165) is 5.56 Å². The molecule has 0 bridgehead atoms. The fraction of sp³-hybridized carbons (Fsp3) is 0.318. The third-order valence-electron chi connectivity index (χ3n) is 5.33. The van der Waals surface area contributed by atoms with Crippen LogP contribution in [0.5, 0.6) is 0 Å². The van der Waals surface area contributed by atoms with Gasteiger partial charge in [-0.1, -0.05) is 30.3 Å². The van der Waals surface area contributed by atoms with E-state index in [1.165, 1.54) is 11.1 Å². The molecule has 1 aliphatic heterocycles. The second-order valence-electron chi connectivity index (χ2n) is 7.61. The molecule has 2 amide bonds. The van der Waals surface area contributed by atoms with E-state index in [0.29, 0.717) is 17.5 Å². The van der Waals surface area contributed by atoms with Crippen LogP contribution < -0.4 is 11.1 Å². The first-order chi connectivity index (χ1) is 15.2. The summed E-state index contributed by atoms with van der Waals surface area (Å²) in [5.74, 6) is -1.53. The number of rotatable bonds is 8. The lowest BCUT2D eigenvalue weighted by Crippen LogP contribution is -2.44. The van der Waals surface area contributed by atoms with E-state index in [-0.39, 0.29) is 37.1 Å². The summed E-state index contributed by atoms with van der Waals surface area (Å²) < 4.78 is 5.39. The van der Waals surface area contributed by atoms with Gasteiger partial charge in [-0.05, 0) is 17.2 Å². The van der Waals surface area contributed by atoms with Crippen molar-refractivity contribution in [3.05, 3.63) is 65.5 Å². The van der Waals surface area contributed by atoms with E-state index in [2.05, 4.69) is 10.3 Å². The number of nitrogens with two attached hydrogens (primary N) is 1. The lowest BCUT2D eigenvalue weighted by molar-refractivity contribution is -0.137. The molecule has 0 radical (unpaired) electrons. The first-order valence-electron chi connectivity index (χ1n) is 10.0. The summed E-state index contributed by atoms with van der Waals surface area (Å²) in [5.41, 5.74) is 7.48. The number of carbonyl (C=O) groups excluding carboxylic acids is 2. The molecule has 2 heterocycles. The van der Waals surface area contributed by atoms with Gasteiger partial charge in [0.2, 0.25) is 5.91 Å². The normalized spacial score (nSPS) is 18.5. The maximum atomic E-state index is 12.7. The lowest BCUT2D eigenvalue weighted by atomic mass is 9.95. The maximum absolute atomic E-state index is 12.7. The van der Waals surface area contributed by atoms with Gasteiger partial charge in [-0.3, -0.25) is 20.0 Å². The van der Waals surface area contributed by atoms with Crippen LogP contribution in [0.4, 0.5) is 4.79 Å². The third-order valence-corrected chi connectivity index (χ3v) is 5.33. The number of pyridine rings is 1. The number of carbonyl (C=O) groups is 3. The number of cyclic esters (lactones) is 1. The fourth-order valence-corrected chi connectivity index (χ4v) is 3.65. The summed E-state index contributed by atoms with van der Waals surface area (Å²) in [7, 11) is 1.62. The van der Waals surface area contributed by atoms with Crippen LogP contribution in [0.2, 0.25) is 0 Å². The van der Waals surface area contributed by atoms with E-state index < -0.39 is 30.1 Å². The van der Waals surface area contributed by atoms with Gasteiger partial charge in [0.15, 0.2) is 0 Å². The number of nitrogens with one attached hydrogen (secondary N) is 2. The van der Waals surface area contributed by atoms with Gasteiger partial charge >= 0.3 is 12.1 Å². The molecule has 0 unspecified atom stereocenters. The van der Waals surface area contributed by atoms with Gasteiger partial charge in [0.1, 0.15) is 11.9 Å². The zero-order valence-corrected chi connectivity index (χ0v) is 18.7. The molecule has 5 N–H and O–H groups in total. The SMILES string of the molecule is CN1C(=O)O[C@@H](CC(=O)N[C@H](CC(=O)O)c2cccnc2)C[C@H]1c1ccc(C(=N)N)cc1.Cl. The number of carboxylic acids is 1. The van der Waals surface area contributed by atoms with Crippen molar-refractivity contribution in [2.75, 3.05) is 7.05 Å². The van der Waals surface area contributed by atoms with Crippen LogP contribution in [0.15, 0.2) is 48.8 Å². The molecule has 176 valence electrons. The average Bonchev–Trinajstić information content (AvgIpc) is 2.76. The Kier molecular flexibility index (Phi) is 8.75. The Labute approximate surface area is 197 Å². The largest absolute Gasteiger partial charge is 0.481 e. The minimum Gasteiger partial charge on any atom is -0.481 e. The number of carboxylic acid groups (broad SMARTS) is 1. The minimum absolute atomic E-state index is 0. The fourth-order valence-electron chi connectivity index (χ4n) is 3.65. The summed E-state index contributed by atoms with van der Waals surface area (Å²) in [5, 5.41) is 19.4. The number of hydrogen-bond donors (Lipinski definition) is 4. The second kappa shape index (κ2) is 11.3. The Balaban J connectivity index is 0.00000385. The number of amidine groups is 1. The molecule has 0 saturated carbocycles. The van der Waals surface area contributed by atoms with E-state index in [9.17, 15) is 19.5 Å². The molecule has 1 aromatic heterocycles. The predicted octanol–water partition coefficient (Wildman–Crippen LogP) is 2.39. The van der Waals surface area contributed by atoms with Gasteiger partial charge < -0.3 is 25.8 Å². The standard InChI is InChI=1S/C22H25N5O5.ClH/c1-27-18(13-4-6-14(7-5-13)21(23)24)9-16(32-22(27)31)10-19(28)26-17(11-20(29)30)15-3-2-8-25-12-15;/h2-8,12,16-18H,9-11H2,1H3,(H3,23,24)(H,26,28)(H,29,30);1H/t16-,17-,18+;/m1./s1. The van der Waals surface area contributed by atoms with Crippen molar-refractivity contribution in [3.63, 3.8) is 0 Å². The Hall–Kier alpha value is -3.66. The summed E-state index contributed by atoms with van der Waals surface area (Å²) in [6.45, 7) is 0. The summed E-state index contributed by atoms with van der Waals surface area (Å²) >= 11 is 0. The smallest absolute Gasteiger partial charge is 0.410 e. The second-order valence-corrected chi connectivity index (χ2v) is 7.61. The third kappa shape index (κ3) is 6.66. The molecule has 11 heteroatoms. The number of aliphatic carboxylic acids is 1. The summed E-state index contributed by atoms with van der Waals surface area (Å²) in [4.78, 5) is 41.7. The number of halogens is 1. The summed E-state index contributed by atoms with van der Waals surface area (Å²) in [6, 6.07) is 9.29. The van der Waals surface area contributed by atoms with Crippen LogP contribution >= 0.6 is 12.4 Å². The van der Waals surface area contributed by atoms with Crippen LogP contribution in [0.1, 0.15) is 48.0 Å². The topological polar surface area (TPSA) is 159 Å². The van der Waals surface area contributed by atoms with Gasteiger partial charge in [0, 0.05) is 31.4 Å². The molecule has 3 atom stereocenters. The number of aromatic nitrogens is 1. The van der Waals surface area contributed by atoms with Crippen LogP contribution in [0, 0.1) is 5.41 Å².